The number of carboxylic acid groups (broad SMARTS) is 1. The molecule has 0 radical (unpaired) electrons. The molecule has 0 spiro atoms. The molecule has 4 heteroatoms. The molecule has 0 atom stereocenters. The first-order chi connectivity index (χ1) is 4.30. The van der Waals surface area contributed by atoms with E-state index in [4.69, 9.17) is 0 Å². The van der Waals surface area contributed by atoms with Crippen LogP contribution in [0, 0.1) is 0 Å². The van der Waals surface area contributed by atoms with Gasteiger partial charge in [0.2, 0.25) is 0 Å². The van der Waals surface area contributed by atoms with Crippen LogP contribution >= 0.6 is 0 Å². The maximum atomic E-state index is 10.0. The van der Waals surface area contributed by atoms with Gasteiger partial charge in [0.25, 0.3) is 0 Å². The van der Waals surface area contributed by atoms with E-state index >= 15 is 0 Å². The Morgan fingerprint density at radius 3 is 2.50 bits per heavy atom. The van der Waals surface area contributed by atoms with Crippen LogP contribution in [0.5, 0.6) is 0 Å². The molecule has 1 rings (SSSR count). The zero-order chi connectivity index (χ0) is 6.69. The third-order valence-electron chi connectivity index (χ3n) is 0.874. The van der Waals surface area contributed by atoms with Gasteiger partial charge in [0, 0.05) is 6.20 Å². The fraction of sp³-hybridized carbons (Fsp3) is 0. The van der Waals surface area contributed by atoms with Crippen molar-refractivity contribution in [2.75, 3.05) is 0 Å². The van der Waals surface area contributed by atoms with Crippen molar-refractivity contribution in [3.8, 4) is 0 Å². The Labute approximate surface area is 80.4 Å². The molecule has 10 heavy (non-hydrogen) atoms. The van der Waals surface area contributed by atoms with Gasteiger partial charge in [-0.25, -0.2) is 0 Å². The van der Waals surface area contributed by atoms with Crippen LogP contribution < -0.4 is 34.7 Å². The third-order valence-corrected chi connectivity index (χ3v) is 0.874. The van der Waals surface area contributed by atoms with Crippen molar-refractivity contribution in [1.29, 1.82) is 0 Å². The molecular formula is C6H4NNaO2. The normalized spacial score (nSPS) is 8.00. The van der Waals surface area contributed by atoms with Gasteiger partial charge in [-0.15, -0.1) is 0 Å². The van der Waals surface area contributed by atoms with Crippen LogP contribution in [0.15, 0.2) is 24.4 Å². The second kappa shape index (κ2) is 4.44. The number of carbonyl (C=O) groups excluding carboxylic acids is 1. The van der Waals surface area contributed by atoms with Crippen LogP contribution in [0.4, 0.5) is 0 Å². The molecule has 0 aliphatic rings. The van der Waals surface area contributed by atoms with Gasteiger partial charge in [0.05, 0.1) is 11.7 Å². The van der Waals surface area contributed by atoms with Crippen LogP contribution in [0.25, 0.3) is 0 Å². The average molecular weight is 145 g/mol. The average Bonchev–Trinajstić information content (AvgIpc) is 1.90. The summed E-state index contributed by atoms with van der Waals surface area (Å²) in [7, 11) is 0. The summed E-state index contributed by atoms with van der Waals surface area (Å²) >= 11 is 0. The van der Waals surface area contributed by atoms with E-state index in [-0.39, 0.29) is 35.3 Å². The number of hydrogen-bond acceptors (Lipinski definition) is 3. The van der Waals surface area contributed by atoms with Crippen molar-refractivity contribution in [2.45, 2.75) is 0 Å². The number of aromatic carboxylic acids is 1. The molecule has 0 saturated heterocycles. The van der Waals surface area contributed by atoms with Crippen molar-refractivity contribution in [1.82, 2.24) is 4.98 Å². The Morgan fingerprint density at radius 2 is 2.20 bits per heavy atom. The van der Waals surface area contributed by atoms with Gasteiger partial charge >= 0.3 is 29.6 Å². The SMILES string of the molecule is O=C([O-])c1ccccn1.[Na+]. The first-order valence-electron chi connectivity index (χ1n) is 2.43. The van der Waals surface area contributed by atoms with E-state index in [9.17, 15) is 9.90 Å². The smallest absolute Gasteiger partial charge is 0.543 e. The Kier molecular flexibility index (Phi) is 4.27. The number of carbonyl (C=O) groups is 1. The summed E-state index contributed by atoms with van der Waals surface area (Å²) in [4.78, 5) is 13.5. The van der Waals surface area contributed by atoms with E-state index in [2.05, 4.69) is 4.98 Å². The summed E-state index contributed by atoms with van der Waals surface area (Å²) in [6.45, 7) is 0. The van der Waals surface area contributed by atoms with Crippen molar-refractivity contribution in [2.24, 2.45) is 0 Å². The van der Waals surface area contributed by atoms with Gasteiger partial charge < -0.3 is 9.90 Å². The predicted octanol–water partition coefficient (Wildman–Crippen LogP) is -3.55. The minimum absolute atomic E-state index is 0. The van der Waals surface area contributed by atoms with Crippen LogP contribution in [0.2, 0.25) is 0 Å². The number of aromatic nitrogens is 1. The second-order valence-electron chi connectivity index (χ2n) is 1.50. The van der Waals surface area contributed by atoms with E-state index in [0.717, 1.165) is 0 Å². The van der Waals surface area contributed by atoms with Gasteiger partial charge in [0.1, 0.15) is 0 Å². The molecule has 0 fully saturated rings. The zero-order valence-electron chi connectivity index (χ0n) is 5.57. The summed E-state index contributed by atoms with van der Waals surface area (Å²) in [6, 6.07) is 4.62. The minimum Gasteiger partial charge on any atom is -0.543 e. The maximum Gasteiger partial charge on any atom is 1.00 e. The van der Waals surface area contributed by atoms with Gasteiger partial charge in [-0.2, -0.15) is 0 Å². The van der Waals surface area contributed by atoms with Crippen LogP contribution in [-0.4, -0.2) is 11.0 Å². The minimum atomic E-state index is -1.24. The van der Waals surface area contributed by atoms with Gasteiger partial charge in [-0.05, 0) is 12.1 Å². The van der Waals surface area contributed by atoms with Crippen molar-refractivity contribution in [3.63, 3.8) is 0 Å². The number of nitrogens with zero attached hydrogens (tertiary/aromatic N) is 1. The monoisotopic (exact) mass is 145 g/mol. The number of pyridine rings is 1. The largest absolute Gasteiger partial charge is 1.00 e. The quantitative estimate of drug-likeness (QED) is 0.384. The van der Waals surface area contributed by atoms with Crippen LogP contribution in [-0.2, 0) is 0 Å². The molecule has 0 aliphatic heterocycles. The Hall–Kier alpha value is -0.380. The molecule has 0 bridgehead atoms. The van der Waals surface area contributed by atoms with E-state index in [1.54, 1.807) is 12.1 Å². The summed E-state index contributed by atoms with van der Waals surface area (Å²) < 4.78 is 0. The molecule has 0 amide bonds. The first-order valence-corrected chi connectivity index (χ1v) is 2.43. The zero-order valence-corrected chi connectivity index (χ0v) is 7.57. The molecule has 0 unspecified atom stereocenters. The Balaban J connectivity index is 0.000000810. The Morgan fingerprint density at radius 1 is 1.50 bits per heavy atom. The van der Waals surface area contributed by atoms with Crippen LogP contribution in [0.3, 0.4) is 0 Å². The number of hydrogen-bond donors (Lipinski definition) is 0. The summed E-state index contributed by atoms with van der Waals surface area (Å²) in [5.41, 5.74) is -0.0301. The van der Waals surface area contributed by atoms with Crippen molar-refractivity contribution < 1.29 is 39.5 Å². The molecule has 0 N–H and O–H groups in total. The molecule has 0 saturated carbocycles. The van der Waals surface area contributed by atoms with Crippen molar-refractivity contribution in [3.05, 3.63) is 30.1 Å². The number of carboxylic acids is 1. The standard InChI is InChI=1S/C6H5NO2.Na/c8-6(9)5-3-1-2-4-7-5;/h1-4H,(H,8,9);/q;+1/p-1. The maximum absolute atomic E-state index is 10.0. The molecule has 3 nitrogen and oxygen atoms in total. The molecule has 1 aromatic heterocycles. The molecule has 1 heterocycles. The predicted molar refractivity (Wildman–Crippen MR) is 28.6 cm³/mol. The van der Waals surface area contributed by atoms with E-state index in [1.165, 1.54) is 12.3 Å². The van der Waals surface area contributed by atoms with Crippen molar-refractivity contribution >= 4 is 5.97 Å². The third kappa shape index (κ3) is 2.47. The topological polar surface area (TPSA) is 53.0 Å². The molecule has 46 valence electrons. The van der Waals surface area contributed by atoms with Crippen LogP contribution in [0.1, 0.15) is 10.5 Å². The van der Waals surface area contributed by atoms with Gasteiger partial charge in [-0.1, -0.05) is 6.07 Å². The fourth-order valence-electron chi connectivity index (χ4n) is 0.484. The van der Waals surface area contributed by atoms with Gasteiger partial charge in [0.15, 0.2) is 0 Å². The van der Waals surface area contributed by atoms with E-state index in [0.29, 0.717) is 0 Å². The molecule has 0 aliphatic carbocycles. The molecule has 0 aromatic carbocycles. The summed E-state index contributed by atoms with van der Waals surface area (Å²) in [6.07, 6.45) is 1.41. The van der Waals surface area contributed by atoms with Gasteiger partial charge in [-0.3, -0.25) is 4.98 Å². The summed E-state index contributed by atoms with van der Waals surface area (Å²) in [5.74, 6) is -1.24. The fourth-order valence-corrected chi connectivity index (χ4v) is 0.484. The Bertz CT molecular complexity index is 212. The first kappa shape index (κ1) is 9.62. The van der Waals surface area contributed by atoms with E-state index in [1.807, 2.05) is 0 Å². The number of rotatable bonds is 1. The molecular weight excluding hydrogens is 141 g/mol. The van der Waals surface area contributed by atoms with E-state index < -0.39 is 5.97 Å². The molecule has 1 aromatic rings. The second-order valence-corrected chi connectivity index (χ2v) is 1.50. The summed E-state index contributed by atoms with van der Waals surface area (Å²) in [5, 5.41) is 10.0.